The summed E-state index contributed by atoms with van der Waals surface area (Å²) < 4.78 is 14.5. The molecule has 5 heteroatoms. The highest BCUT2D eigenvalue weighted by atomic mass is 31.2. The van der Waals surface area contributed by atoms with Crippen LogP contribution in [0.25, 0.3) is 0 Å². The largest absolute Gasteiger partial charge is 0.470 e. The van der Waals surface area contributed by atoms with Gasteiger partial charge in [0.15, 0.2) is 0 Å². The van der Waals surface area contributed by atoms with Crippen LogP contribution in [0.3, 0.4) is 0 Å². The average molecular weight is 167 g/mol. The van der Waals surface area contributed by atoms with Gasteiger partial charge < -0.3 is 9.79 Å². The van der Waals surface area contributed by atoms with Crippen molar-refractivity contribution in [2.45, 2.75) is 26.7 Å². The van der Waals surface area contributed by atoms with Gasteiger partial charge in [0.05, 0.1) is 0 Å². The molecule has 61 valence electrons. The first-order chi connectivity index (χ1) is 4.49. The summed E-state index contributed by atoms with van der Waals surface area (Å²) in [6.07, 6.45) is 1.52. The minimum absolute atomic E-state index is 0.438. The van der Waals surface area contributed by atoms with Gasteiger partial charge in [-0.25, -0.2) is 4.57 Å². The van der Waals surface area contributed by atoms with Crippen LogP contribution < -0.4 is 0 Å². The molecule has 0 rings (SSSR count). The predicted molar refractivity (Wildman–Crippen MR) is 37.0 cm³/mol. The van der Waals surface area contributed by atoms with Gasteiger partial charge in [-0.05, 0) is 12.8 Å². The minimum Gasteiger partial charge on any atom is -0.303 e. The van der Waals surface area contributed by atoms with Crippen molar-refractivity contribution in [1.82, 2.24) is 0 Å². The summed E-state index contributed by atoms with van der Waals surface area (Å²) >= 11 is 0. The Bertz CT molecular complexity index is 126. The van der Waals surface area contributed by atoms with Gasteiger partial charge in [-0.2, -0.15) is 0 Å². The van der Waals surface area contributed by atoms with E-state index in [1.807, 2.05) is 0 Å². The molecule has 0 aromatic rings. The molecule has 0 amide bonds. The van der Waals surface area contributed by atoms with Crippen molar-refractivity contribution in [3.05, 3.63) is 6.10 Å². The number of phosphoric ester groups is 1. The van der Waals surface area contributed by atoms with Crippen molar-refractivity contribution < 1.29 is 18.9 Å². The topological polar surface area (TPSA) is 66.8 Å². The van der Waals surface area contributed by atoms with E-state index in [0.717, 1.165) is 0 Å². The Balaban J connectivity index is 3.75. The summed E-state index contributed by atoms with van der Waals surface area (Å²) in [4.78, 5) is 16.6. The maximum Gasteiger partial charge on any atom is 0.470 e. The highest BCUT2D eigenvalue weighted by Gasteiger charge is 2.19. The first-order valence-electron chi connectivity index (χ1n) is 3.09. The zero-order chi connectivity index (χ0) is 8.20. The van der Waals surface area contributed by atoms with E-state index < -0.39 is 7.82 Å². The van der Waals surface area contributed by atoms with E-state index in [-0.39, 0.29) is 0 Å². The zero-order valence-electron chi connectivity index (χ0n) is 6.07. The molecule has 2 N–H and O–H groups in total. The quantitative estimate of drug-likeness (QED) is 0.622. The van der Waals surface area contributed by atoms with E-state index in [2.05, 4.69) is 4.52 Å². The molecule has 0 aliphatic rings. The molecule has 0 heterocycles. The smallest absolute Gasteiger partial charge is 0.303 e. The molecule has 10 heavy (non-hydrogen) atoms. The highest BCUT2D eigenvalue weighted by Crippen LogP contribution is 2.41. The molecule has 0 aliphatic heterocycles. The van der Waals surface area contributed by atoms with Crippen LogP contribution in [0.1, 0.15) is 26.7 Å². The van der Waals surface area contributed by atoms with Crippen molar-refractivity contribution in [3.63, 3.8) is 0 Å². The van der Waals surface area contributed by atoms with Crippen LogP contribution in [0.5, 0.6) is 0 Å². The van der Waals surface area contributed by atoms with Crippen molar-refractivity contribution in [2.24, 2.45) is 0 Å². The Morgan fingerprint density at radius 1 is 1.40 bits per heavy atom. The van der Waals surface area contributed by atoms with Gasteiger partial charge in [-0.15, -0.1) is 0 Å². The molecular weight excluding hydrogens is 155 g/mol. The van der Waals surface area contributed by atoms with Crippen LogP contribution in [0.4, 0.5) is 0 Å². The lowest BCUT2D eigenvalue weighted by atomic mass is 10.2. The van der Waals surface area contributed by atoms with Crippen LogP contribution >= 0.6 is 7.82 Å². The lowest BCUT2D eigenvalue weighted by Crippen LogP contribution is -1.97. The normalized spacial score (nSPS) is 12.5. The van der Waals surface area contributed by atoms with Gasteiger partial charge in [0.25, 0.3) is 0 Å². The molecule has 0 aromatic carbocycles. The molecule has 0 spiro atoms. The van der Waals surface area contributed by atoms with Crippen LogP contribution in [0.2, 0.25) is 0 Å². The average Bonchev–Trinajstić information content (AvgIpc) is 1.81. The Morgan fingerprint density at radius 2 is 1.80 bits per heavy atom. The molecule has 0 aliphatic carbocycles. The summed E-state index contributed by atoms with van der Waals surface area (Å²) in [5, 5.41) is 0. The lowest BCUT2D eigenvalue weighted by Gasteiger charge is -2.12. The second kappa shape index (κ2) is 4.09. The van der Waals surface area contributed by atoms with Gasteiger partial charge in [-0.3, -0.25) is 4.52 Å². The maximum atomic E-state index is 10.2. The summed E-state index contributed by atoms with van der Waals surface area (Å²) in [7, 11) is -4.29. The number of rotatable bonds is 4. The molecule has 4 nitrogen and oxygen atoms in total. The lowest BCUT2D eigenvalue weighted by molar-refractivity contribution is 0.193. The van der Waals surface area contributed by atoms with Crippen LogP contribution in [-0.4, -0.2) is 9.79 Å². The monoisotopic (exact) mass is 167 g/mol. The van der Waals surface area contributed by atoms with Gasteiger partial charge in [-0.1, -0.05) is 13.8 Å². The molecule has 0 saturated heterocycles. The van der Waals surface area contributed by atoms with E-state index in [1.165, 1.54) is 0 Å². The van der Waals surface area contributed by atoms with Crippen LogP contribution in [-0.2, 0) is 9.09 Å². The first-order valence-corrected chi connectivity index (χ1v) is 4.62. The predicted octanol–water partition coefficient (Wildman–Crippen LogP) is 1.45. The fourth-order valence-corrected chi connectivity index (χ4v) is 1.14. The molecule has 0 bridgehead atoms. The molecule has 1 radical (unpaired) electrons. The molecular formula is C5H12O4P. The number of hydrogen-bond donors (Lipinski definition) is 2. The first kappa shape index (κ1) is 10.1. The third-order valence-corrected chi connectivity index (χ3v) is 1.53. The summed E-state index contributed by atoms with van der Waals surface area (Å²) in [6.45, 7) is 3.57. The molecule has 0 unspecified atom stereocenters. The van der Waals surface area contributed by atoms with Gasteiger partial charge in [0.1, 0.15) is 6.10 Å². The summed E-state index contributed by atoms with van der Waals surface area (Å²) in [5.41, 5.74) is 0. The van der Waals surface area contributed by atoms with E-state index in [4.69, 9.17) is 9.79 Å². The SMILES string of the molecule is CC[C](CC)OP(=O)(O)O. The number of phosphoric acid groups is 1. The Kier molecular flexibility index (Phi) is 4.13. The highest BCUT2D eigenvalue weighted by molar-refractivity contribution is 7.46. The maximum absolute atomic E-state index is 10.2. The van der Waals surface area contributed by atoms with Crippen molar-refractivity contribution >= 4 is 7.82 Å². The third kappa shape index (κ3) is 4.94. The van der Waals surface area contributed by atoms with E-state index >= 15 is 0 Å². The Hall–Kier alpha value is 0.110. The number of hydrogen-bond acceptors (Lipinski definition) is 2. The second-order valence-corrected chi connectivity index (χ2v) is 2.99. The Morgan fingerprint density at radius 3 is 1.90 bits per heavy atom. The Labute approximate surface area is 60.5 Å². The van der Waals surface area contributed by atoms with Gasteiger partial charge >= 0.3 is 7.82 Å². The van der Waals surface area contributed by atoms with E-state index in [0.29, 0.717) is 18.9 Å². The zero-order valence-corrected chi connectivity index (χ0v) is 6.97. The van der Waals surface area contributed by atoms with E-state index in [1.54, 1.807) is 13.8 Å². The molecule has 0 atom stereocenters. The van der Waals surface area contributed by atoms with E-state index in [9.17, 15) is 4.57 Å². The van der Waals surface area contributed by atoms with Crippen molar-refractivity contribution in [1.29, 1.82) is 0 Å². The minimum atomic E-state index is -4.29. The van der Waals surface area contributed by atoms with Gasteiger partial charge in [0, 0.05) is 0 Å². The van der Waals surface area contributed by atoms with Gasteiger partial charge in [0.2, 0.25) is 0 Å². The summed E-state index contributed by atoms with van der Waals surface area (Å²) in [5.74, 6) is 0. The molecule has 0 fully saturated rings. The van der Waals surface area contributed by atoms with Crippen LogP contribution in [0.15, 0.2) is 0 Å². The molecule has 0 saturated carbocycles. The second-order valence-electron chi connectivity index (χ2n) is 1.83. The molecule has 0 aromatic heterocycles. The fourth-order valence-electron chi connectivity index (χ4n) is 0.547. The third-order valence-electron chi connectivity index (χ3n) is 1.04. The van der Waals surface area contributed by atoms with Crippen molar-refractivity contribution in [2.75, 3.05) is 0 Å². The fraction of sp³-hybridized carbons (Fsp3) is 0.800. The summed E-state index contributed by atoms with van der Waals surface area (Å²) in [6, 6.07) is 0. The van der Waals surface area contributed by atoms with Crippen LogP contribution in [0, 0.1) is 6.10 Å². The standard InChI is InChI=1S/C5H12O4P/c1-3-5(4-2)9-10(6,7)8/h3-4H2,1-2H3,(H2,6,7,8). The van der Waals surface area contributed by atoms with Crippen molar-refractivity contribution in [3.8, 4) is 0 Å².